The highest BCUT2D eigenvalue weighted by atomic mass is 16.5. The lowest BCUT2D eigenvalue weighted by molar-refractivity contribution is -0.149. The van der Waals surface area contributed by atoms with E-state index < -0.39 is 0 Å². The summed E-state index contributed by atoms with van der Waals surface area (Å²) in [6.45, 7) is 3.09. The van der Waals surface area contributed by atoms with Crippen LogP contribution in [0.1, 0.15) is 51.9 Å². The van der Waals surface area contributed by atoms with E-state index in [9.17, 15) is 9.59 Å². The van der Waals surface area contributed by atoms with Crippen LogP contribution in [0.3, 0.4) is 0 Å². The number of piperidine rings is 1. The summed E-state index contributed by atoms with van der Waals surface area (Å²) in [6.07, 6.45) is 6.50. The number of hydrazone groups is 1. The van der Waals surface area contributed by atoms with Gasteiger partial charge in [0, 0.05) is 12.8 Å². The van der Waals surface area contributed by atoms with E-state index in [0.29, 0.717) is 30.0 Å². The Morgan fingerprint density at radius 3 is 2.70 bits per heavy atom. The number of ether oxygens (including phenoxy) is 2. The molecule has 5 unspecified atom stereocenters. The first kappa shape index (κ1) is 24.4. The van der Waals surface area contributed by atoms with Gasteiger partial charge in [0.15, 0.2) is 0 Å². The first-order valence-electron chi connectivity index (χ1n) is 11.0. The molecule has 7 N–H and O–H groups in total. The van der Waals surface area contributed by atoms with Crippen molar-refractivity contribution in [2.45, 2.75) is 64.0 Å². The molecular formula is C20H38N6O4. The number of hydrazine groups is 1. The summed E-state index contributed by atoms with van der Waals surface area (Å²) in [5.74, 6) is 6.91. The molecule has 0 aromatic rings. The van der Waals surface area contributed by atoms with Gasteiger partial charge in [-0.3, -0.25) is 9.59 Å². The molecule has 2 rings (SSSR count). The van der Waals surface area contributed by atoms with Crippen molar-refractivity contribution in [3.8, 4) is 0 Å². The first-order chi connectivity index (χ1) is 14.4. The lowest BCUT2D eigenvalue weighted by Crippen LogP contribution is -2.50. The maximum atomic E-state index is 12.4. The molecule has 0 amide bonds. The standard InChI is InChI=1S/C20H38N6O4/c1-13(23-2)19(27)29-8-3-9-30-20(28)17-11-16-10-14(4-6-15(16)12-24-17)5-7-18(21)25-26-22/h13-17,23-24,26H,3-12,22H2,1-2H3,(H2,21,25). The fourth-order valence-corrected chi connectivity index (χ4v) is 4.34. The van der Waals surface area contributed by atoms with Gasteiger partial charge in [-0.15, -0.1) is 0 Å². The van der Waals surface area contributed by atoms with Crippen molar-refractivity contribution >= 4 is 17.8 Å². The zero-order valence-corrected chi connectivity index (χ0v) is 18.2. The monoisotopic (exact) mass is 426 g/mol. The van der Waals surface area contributed by atoms with Crippen molar-refractivity contribution in [1.29, 1.82) is 0 Å². The van der Waals surface area contributed by atoms with Crippen LogP contribution in [0, 0.1) is 17.8 Å². The third-order valence-corrected chi connectivity index (χ3v) is 6.28. The van der Waals surface area contributed by atoms with Crippen molar-refractivity contribution < 1.29 is 19.1 Å². The topological polar surface area (TPSA) is 153 Å². The van der Waals surface area contributed by atoms with Crippen LogP contribution in [0.15, 0.2) is 5.10 Å². The molecule has 10 nitrogen and oxygen atoms in total. The molecular weight excluding hydrogens is 388 g/mol. The van der Waals surface area contributed by atoms with Crippen molar-refractivity contribution in [2.75, 3.05) is 26.8 Å². The van der Waals surface area contributed by atoms with Crippen molar-refractivity contribution in [1.82, 2.24) is 16.2 Å². The van der Waals surface area contributed by atoms with E-state index in [1.165, 1.54) is 12.8 Å². The lowest BCUT2D eigenvalue weighted by atomic mass is 9.69. The van der Waals surface area contributed by atoms with Gasteiger partial charge < -0.3 is 25.8 Å². The SMILES string of the molecule is CNC(C)C(=O)OCCCOC(=O)C1CC2CC(CC/C(N)=N/NN)CCC2CN1. The minimum Gasteiger partial charge on any atom is -0.464 e. The number of nitrogens with one attached hydrogen (secondary N) is 3. The summed E-state index contributed by atoms with van der Waals surface area (Å²) in [5.41, 5.74) is 8.04. The number of rotatable bonds is 11. The minimum absolute atomic E-state index is 0.212. The zero-order valence-electron chi connectivity index (χ0n) is 18.2. The molecule has 2 aliphatic rings. The molecule has 172 valence electrons. The van der Waals surface area contributed by atoms with E-state index in [2.05, 4.69) is 21.3 Å². The Hall–Kier alpha value is -1.91. The maximum absolute atomic E-state index is 12.4. The smallest absolute Gasteiger partial charge is 0.323 e. The first-order valence-corrected chi connectivity index (χ1v) is 11.0. The van der Waals surface area contributed by atoms with E-state index in [1.54, 1.807) is 14.0 Å². The fourth-order valence-electron chi connectivity index (χ4n) is 4.34. The number of fused-ring (bicyclic) bond motifs is 1. The molecule has 0 aromatic heterocycles. The molecule has 5 atom stereocenters. The van der Waals surface area contributed by atoms with Gasteiger partial charge in [0.05, 0.1) is 13.2 Å². The summed E-state index contributed by atoms with van der Waals surface area (Å²) >= 11 is 0. The normalized spacial score (nSPS) is 27.6. The Kier molecular flexibility index (Phi) is 10.3. The van der Waals surface area contributed by atoms with Gasteiger partial charge in [-0.25, -0.2) is 11.4 Å². The van der Waals surface area contributed by atoms with Crippen LogP contribution in [0.25, 0.3) is 0 Å². The lowest BCUT2D eigenvalue weighted by Gasteiger charge is -2.42. The average Bonchev–Trinajstić information content (AvgIpc) is 2.76. The molecule has 1 heterocycles. The number of hydrogen-bond acceptors (Lipinski definition) is 9. The Morgan fingerprint density at radius 2 is 1.97 bits per heavy atom. The Morgan fingerprint density at radius 1 is 1.20 bits per heavy atom. The van der Waals surface area contributed by atoms with E-state index in [-0.39, 0.29) is 37.2 Å². The molecule has 0 radical (unpaired) electrons. The van der Waals surface area contributed by atoms with Gasteiger partial charge in [0.25, 0.3) is 0 Å². The molecule has 0 spiro atoms. The van der Waals surface area contributed by atoms with E-state index in [1.807, 2.05) is 0 Å². The maximum Gasteiger partial charge on any atom is 0.323 e. The highest BCUT2D eigenvalue weighted by Gasteiger charge is 2.38. The number of carbonyl (C=O) groups is 2. The van der Waals surface area contributed by atoms with Gasteiger partial charge in [-0.2, -0.15) is 5.10 Å². The van der Waals surface area contributed by atoms with Crippen LogP contribution in [-0.4, -0.2) is 56.7 Å². The van der Waals surface area contributed by atoms with E-state index >= 15 is 0 Å². The van der Waals surface area contributed by atoms with Crippen molar-refractivity contribution in [3.63, 3.8) is 0 Å². The molecule has 30 heavy (non-hydrogen) atoms. The van der Waals surface area contributed by atoms with Gasteiger partial charge in [0.2, 0.25) is 0 Å². The number of nitrogens with zero attached hydrogens (tertiary/aromatic N) is 1. The summed E-state index contributed by atoms with van der Waals surface area (Å²) in [5, 5.41) is 9.99. The number of likely N-dealkylation sites (N-methyl/N-ethyl adjacent to an activating group) is 1. The van der Waals surface area contributed by atoms with Crippen LogP contribution in [0.5, 0.6) is 0 Å². The van der Waals surface area contributed by atoms with Gasteiger partial charge >= 0.3 is 11.9 Å². The van der Waals surface area contributed by atoms with Gasteiger partial charge in [-0.1, -0.05) is 6.42 Å². The molecule has 0 bridgehead atoms. The third kappa shape index (κ3) is 7.73. The second-order valence-corrected chi connectivity index (χ2v) is 8.37. The van der Waals surface area contributed by atoms with Gasteiger partial charge in [-0.05, 0) is 64.0 Å². The number of nitrogens with two attached hydrogens (primary N) is 2. The predicted octanol–water partition coefficient (Wildman–Crippen LogP) is -0.0191. The number of hydrogen-bond donors (Lipinski definition) is 5. The second kappa shape index (κ2) is 12.7. The Bertz CT molecular complexity index is 588. The molecule has 1 saturated heterocycles. The van der Waals surface area contributed by atoms with Crippen LogP contribution in [-0.2, 0) is 19.1 Å². The Balaban J connectivity index is 1.67. The number of esters is 2. The van der Waals surface area contributed by atoms with Crippen molar-refractivity contribution in [3.05, 3.63) is 0 Å². The number of carbonyl (C=O) groups excluding carboxylic acids is 2. The quantitative estimate of drug-likeness (QED) is 0.0766. The van der Waals surface area contributed by atoms with Gasteiger partial charge in [0.1, 0.15) is 17.9 Å². The van der Waals surface area contributed by atoms with Crippen LogP contribution in [0.2, 0.25) is 0 Å². The van der Waals surface area contributed by atoms with E-state index in [0.717, 1.165) is 32.2 Å². The second-order valence-electron chi connectivity index (χ2n) is 8.37. The van der Waals surface area contributed by atoms with Crippen molar-refractivity contribution in [2.24, 2.45) is 34.4 Å². The Labute approximate surface area is 178 Å². The highest BCUT2D eigenvalue weighted by molar-refractivity contribution is 5.79. The summed E-state index contributed by atoms with van der Waals surface area (Å²) in [7, 11) is 1.70. The molecule has 10 heteroatoms. The summed E-state index contributed by atoms with van der Waals surface area (Å²) < 4.78 is 10.5. The third-order valence-electron chi connectivity index (χ3n) is 6.28. The van der Waals surface area contributed by atoms with E-state index in [4.69, 9.17) is 21.1 Å². The molecule has 1 aliphatic heterocycles. The average molecular weight is 427 g/mol. The largest absolute Gasteiger partial charge is 0.464 e. The summed E-state index contributed by atoms with van der Waals surface area (Å²) in [6, 6.07) is -0.600. The molecule has 0 aromatic carbocycles. The van der Waals surface area contributed by atoms with Crippen LogP contribution >= 0.6 is 0 Å². The molecule has 2 fully saturated rings. The molecule has 1 aliphatic carbocycles. The highest BCUT2D eigenvalue weighted by Crippen LogP contribution is 2.40. The van der Waals surface area contributed by atoms with Crippen LogP contribution in [0.4, 0.5) is 0 Å². The van der Waals surface area contributed by atoms with Crippen LogP contribution < -0.4 is 27.7 Å². The predicted molar refractivity (Wildman–Crippen MR) is 114 cm³/mol. The summed E-state index contributed by atoms with van der Waals surface area (Å²) in [4.78, 5) is 24.0. The number of amidine groups is 1. The fraction of sp³-hybridized carbons (Fsp3) is 0.850. The zero-order chi connectivity index (χ0) is 21.9. The molecule has 1 saturated carbocycles. The minimum atomic E-state index is -0.340.